The summed E-state index contributed by atoms with van der Waals surface area (Å²) in [6.45, 7) is -0.171. The second kappa shape index (κ2) is 5.80. The van der Waals surface area contributed by atoms with E-state index in [4.69, 9.17) is 27.9 Å². The maximum Gasteiger partial charge on any atom is 0.281 e. The summed E-state index contributed by atoms with van der Waals surface area (Å²) in [5, 5.41) is 0.862. The average Bonchev–Trinajstić information content (AvgIpc) is 2.17. The van der Waals surface area contributed by atoms with Crippen LogP contribution >= 0.6 is 23.2 Å². The molecule has 0 heterocycles. The first-order valence-electron chi connectivity index (χ1n) is 4.03. The minimum absolute atomic E-state index is 0.171. The number of benzene rings is 1. The molecule has 6 heteroatoms. The van der Waals surface area contributed by atoms with E-state index in [-0.39, 0.29) is 6.61 Å². The monoisotopic (exact) mass is 249 g/mol. The van der Waals surface area contributed by atoms with Gasteiger partial charge in [0.1, 0.15) is 5.75 Å². The number of hydrogen-bond donors (Lipinski definition) is 1. The predicted molar refractivity (Wildman–Crippen MR) is 57.1 cm³/mol. The van der Waals surface area contributed by atoms with Crippen molar-refractivity contribution >= 4 is 29.1 Å². The minimum atomic E-state index is -0.400. The van der Waals surface area contributed by atoms with Crippen molar-refractivity contribution in [1.29, 1.82) is 0 Å². The van der Waals surface area contributed by atoms with Crippen LogP contribution in [-0.2, 0) is 9.63 Å². The highest BCUT2D eigenvalue weighted by Gasteiger charge is 2.05. The number of carbonyl (C=O) groups excluding carboxylic acids is 1. The van der Waals surface area contributed by atoms with Gasteiger partial charge in [0.05, 0.1) is 12.1 Å². The van der Waals surface area contributed by atoms with Crippen molar-refractivity contribution in [2.45, 2.75) is 0 Å². The first-order chi connectivity index (χ1) is 7.13. The summed E-state index contributed by atoms with van der Waals surface area (Å²) >= 11 is 11.5. The molecule has 0 unspecified atom stereocenters. The Morgan fingerprint density at radius 2 is 2.20 bits per heavy atom. The van der Waals surface area contributed by atoms with Gasteiger partial charge in [-0.15, -0.1) is 0 Å². The molecule has 0 radical (unpaired) electrons. The van der Waals surface area contributed by atoms with Crippen LogP contribution in [0.2, 0.25) is 10.0 Å². The third-order valence-electron chi connectivity index (χ3n) is 1.47. The molecular formula is C9H9Cl2NO3. The molecule has 1 N–H and O–H groups in total. The standard InChI is InChI=1S/C9H9Cl2NO3/c1-14-12-9(13)5-15-8-3-2-6(10)4-7(8)11/h2-4H,5H2,1H3,(H,12,13). The van der Waals surface area contributed by atoms with Crippen LogP contribution in [0.5, 0.6) is 5.75 Å². The number of halogens is 2. The lowest BCUT2D eigenvalue weighted by molar-refractivity contribution is -0.133. The molecule has 0 bridgehead atoms. The molecule has 1 aromatic carbocycles. The van der Waals surface area contributed by atoms with Gasteiger partial charge in [-0.3, -0.25) is 9.63 Å². The number of hydrogen-bond acceptors (Lipinski definition) is 3. The van der Waals surface area contributed by atoms with Crippen molar-refractivity contribution in [3.63, 3.8) is 0 Å². The van der Waals surface area contributed by atoms with Gasteiger partial charge in [-0.25, -0.2) is 5.48 Å². The van der Waals surface area contributed by atoms with Crippen LogP contribution in [0.15, 0.2) is 18.2 Å². The van der Waals surface area contributed by atoms with E-state index in [1.807, 2.05) is 0 Å². The van der Waals surface area contributed by atoms with Crippen molar-refractivity contribution < 1.29 is 14.4 Å². The average molecular weight is 250 g/mol. The van der Waals surface area contributed by atoms with Crippen molar-refractivity contribution in [2.24, 2.45) is 0 Å². The van der Waals surface area contributed by atoms with Crippen molar-refractivity contribution in [2.75, 3.05) is 13.7 Å². The molecule has 1 aromatic rings. The van der Waals surface area contributed by atoms with Crippen LogP contribution in [0.4, 0.5) is 0 Å². The molecule has 0 spiro atoms. The largest absolute Gasteiger partial charge is 0.482 e. The number of amides is 1. The second-order valence-electron chi connectivity index (χ2n) is 2.59. The van der Waals surface area contributed by atoms with Crippen LogP contribution in [0.25, 0.3) is 0 Å². The molecule has 1 amide bonds. The number of rotatable bonds is 4. The normalized spacial score (nSPS) is 9.80. The van der Waals surface area contributed by atoms with E-state index in [9.17, 15) is 4.79 Å². The highest BCUT2D eigenvalue weighted by atomic mass is 35.5. The first kappa shape index (κ1) is 12.1. The molecule has 0 fully saturated rings. The lowest BCUT2D eigenvalue weighted by atomic mass is 10.3. The Bertz CT molecular complexity index is 357. The summed E-state index contributed by atoms with van der Waals surface area (Å²) in [6, 6.07) is 4.74. The van der Waals surface area contributed by atoms with E-state index in [0.29, 0.717) is 15.8 Å². The number of carbonyl (C=O) groups is 1. The molecule has 15 heavy (non-hydrogen) atoms. The van der Waals surface area contributed by atoms with Crippen molar-refractivity contribution in [3.05, 3.63) is 28.2 Å². The van der Waals surface area contributed by atoms with E-state index < -0.39 is 5.91 Å². The number of nitrogens with one attached hydrogen (secondary N) is 1. The highest BCUT2D eigenvalue weighted by molar-refractivity contribution is 6.35. The molecule has 4 nitrogen and oxygen atoms in total. The Morgan fingerprint density at radius 1 is 1.47 bits per heavy atom. The summed E-state index contributed by atoms with van der Waals surface area (Å²) in [7, 11) is 1.34. The third-order valence-corrected chi connectivity index (χ3v) is 2.00. The van der Waals surface area contributed by atoms with Gasteiger partial charge in [-0.05, 0) is 18.2 Å². The van der Waals surface area contributed by atoms with E-state index >= 15 is 0 Å². The van der Waals surface area contributed by atoms with Crippen LogP contribution < -0.4 is 10.2 Å². The van der Waals surface area contributed by atoms with Crippen LogP contribution in [-0.4, -0.2) is 19.6 Å². The van der Waals surface area contributed by atoms with Crippen LogP contribution in [0.1, 0.15) is 0 Å². The molecule has 82 valence electrons. The first-order valence-corrected chi connectivity index (χ1v) is 4.78. The van der Waals surface area contributed by atoms with Gasteiger partial charge in [0, 0.05) is 5.02 Å². The highest BCUT2D eigenvalue weighted by Crippen LogP contribution is 2.27. The molecule has 0 aliphatic carbocycles. The van der Waals surface area contributed by atoms with E-state index in [1.165, 1.54) is 13.2 Å². The van der Waals surface area contributed by atoms with E-state index in [1.54, 1.807) is 12.1 Å². The molecule has 0 aromatic heterocycles. The summed E-state index contributed by atoms with van der Waals surface area (Å²) in [4.78, 5) is 15.4. The quantitative estimate of drug-likeness (QED) is 0.832. The van der Waals surface area contributed by atoms with Gasteiger partial charge < -0.3 is 4.74 Å². The molecule has 1 rings (SSSR count). The lowest BCUT2D eigenvalue weighted by Crippen LogP contribution is -2.27. The lowest BCUT2D eigenvalue weighted by Gasteiger charge is -2.07. The van der Waals surface area contributed by atoms with E-state index in [2.05, 4.69) is 10.3 Å². The van der Waals surface area contributed by atoms with E-state index in [0.717, 1.165) is 0 Å². The maximum absolute atomic E-state index is 11.0. The fourth-order valence-electron chi connectivity index (χ4n) is 0.879. The van der Waals surface area contributed by atoms with Gasteiger partial charge in [-0.1, -0.05) is 23.2 Å². The number of ether oxygens (including phenoxy) is 1. The zero-order chi connectivity index (χ0) is 11.3. The SMILES string of the molecule is CONC(=O)COc1ccc(Cl)cc1Cl. The van der Waals surface area contributed by atoms with Gasteiger partial charge >= 0.3 is 0 Å². The predicted octanol–water partition coefficient (Wildman–Crippen LogP) is 2.05. The Labute approximate surface area is 97.0 Å². The smallest absolute Gasteiger partial charge is 0.281 e. The molecule has 0 aliphatic rings. The molecule has 0 saturated carbocycles. The van der Waals surface area contributed by atoms with Crippen LogP contribution in [0, 0.1) is 0 Å². The molecular weight excluding hydrogens is 241 g/mol. The summed E-state index contributed by atoms with van der Waals surface area (Å²) in [6.07, 6.45) is 0. The van der Waals surface area contributed by atoms with Gasteiger partial charge in [0.25, 0.3) is 5.91 Å². The Kier molecular flexibility index (Phi) is 4.68. The summed E-state index contributed by atoms with van der Waals surface area (Å²) in [5.41, 5.74) is 2.11. The Balaban J connectivity index is 2.54. The van der Waals surface area contributed by atoms with Gasteiger partial charge in [0.15, 0.2) is 6.61 Å². The summed E-state index contributed by atoms with van der Waals surface area (Å²) in [5.74, 6) is -0.00386. The van der Waals surface area contributed by atoms with Crippen molar-refractivity contribution in [3.8, 4) is 5.75 Å². The second-order valence-corrected chi connectivity index (χ2v) is 3.44. The van der Waals surface area contributed by atoms with Gasteiger partial charge in [0.2, 0.25) is 0 Å². The topological polar surface area (TPSA) is 47.6 Å². The molecule has 0 atom stereocenters. The fraction of sp³-hybridized carbons (Fsp3) is 0.222. The Hall–Kier alpha value is -0.970. The third kappa shape index (κ3) is 3.95. The molecule has 0 saturated heterocycles. The zero-order valence-electron chi connectivity index (χ0n) is 7.92. The minimum Gasteiger partial charge on any atom is -0.482 e. The molecule has 0 aliphatic heterocycles. The fourth-order valence-corrected chi connectivity index (χ4v) is 1.34. The zero-order valence-corrected chi connectivity index (χ0v) is 9.43. The number of hydroxylamine groups is 1. The Morgan fingerprint density at radius 3 is 2.80 bits per heavy atom. The van der Waals surface area contributed by atoms with Gasteiger partial charge in [-0.2, -0.15) is 0 Å². The van der Waals surface area contributed by atoms with Crippen molar-refractivity contribution in [1.82, 2.24) is 5.48 Å². The summed E-state index contributed by atoms with van der Waals surface area (Å²) < 4.78 is 5.12. The maximum atomic E-state index is 11.0. The van der Waals surface area contributed by atoms with Crippen LogP contribution in [0.3, 0.4) is 0 Å².